The third-order valence-corrected chi connectivity index (χ3v) is 3.35. The molecule has 1 fully saturated rings. The van der Waals surface area contributed by atoms with Crippen LogP contribution in [0.3, 0.4) is 0 Å². The van der Waals surface area contributed by atoms with E-state index in [0.717, 1.165) is 17.3 Å². The van der Waals surface area contributed by atoms with Crippen LogP contribution in [0.4, 0.5) is 5.69 Å². The molecule has 3 nitrogen and oxygen atoms in total. The second-order valence-electron chi connectivity index (χ2n) is 4.53. The molecule has 0 aliphatic carbocycles. The topological polar surface area (TPSA) is 32.7 Å². The van der Waals surface area contributed by atoms with Crippen LogP contribution in [0.2, 0.25) is 5.02 Å². The molecule has 1 aliphatic heterocycles. The van der Waals surface area contributed by atoms with Crippen molar-refractivity contribution in [2.45, 2.75) is 20.0 Å². The van der Waals surface area contributed by atoms with E-state index >= 15 is 0 Å². The summed E-state index contributed by atoms with van der Waals surface area (Å²) < 4.78 is 5.45. The molecule has 2 rings (SSSR count). The van der Waals surface area contributed by atoms with Gasteiger partial charge in [0.25, 0.3) is 0 Å². The van der Waals surface area contributed by atoms with Gasteiger partial charge in [-0.3, -0.25) is 0 Å². The molecule has 1 atom stereocenters. The van der Waals surface area contributed by atoms with Crippen LogP contribution in [0.1, 0.15) is 11.1 Å². The van der Waals surface area contributed by atoms with E-state index in [1.54, 1.807) is 0 Å². The van der Waals surface area contributed by atoms with Crippen molar-refractivity contribution < 1.29 is 9.84 Å². The van der Waals surface area contributed by atoms with Crippen LogP contribution < -0.4 is 4.90 Å². The molecule has 4 heteroatoms. The predicted molar refractivity (Wildman–Crippen MR) is 70.0 cm³/mol. The van der Waals surface area contributed by atoms with E-state index < -0.39 is 0 Å². The first kappa shape index (κ1) is 12.7. The van der Waals surface area contributed by atoms with Crippen molar-refractivity contribution in [1.29, 1.82) is 0 Å². The minimum atomic E-state index is -0.111. The summed E-state index contributed by atoms with van der Waals surface area (Å²) in [4.78, 5) is 2.20. The van der Waals surface area contributed by atoms with E-state index in [-0.39, 0.29) is 12.7 Å². The van der Waals surface area contributed by atoms with Gasteiger partial charge in [0.2, 0.25) is 0 Å². The summed E-state index contributed by atoms with van der Waals surface area (Å²) in [6.45, 7) is 6.31. The Labute approximate surface area is 107 Å². The number of nitrogens with zero attached hydrogens (tertiary/aromatic N) is 1. The van der Waals surface area contributed by atoms with Crippen molar-refractivity contribution >= 4 is 17.3 Å². The second kappa shape index (κ2) is 5.25. The molecule has 1 aliphatic rings. The average molecular weight is 256 g/mol. The summed E-state index contributed by atoms with van der Waals surface area (Å²) in [6, 6.07) is 4.11. The number of aryl methyl sites for hydroxylation is 2. The highest BCUT2D eigenvalue weighted by Gasteiger charge is 2.22. The van der Waals surface area contributed by atoms with E-state index in [1.165, 1.54) is 11.1 Å². The van der Waals surface area contributed by atoms with E-state index in [0.29, 0.717) is 13.2 Å². The molecule has 0 amide bonds. The van der Waals surface area contributed by atoms with E-state index in [2.05, 4.69) is 17.9 Å². The van der Waals surface area contributed by atoms with Crippen molar-refractivity contribution in [2.75, 3.05) is 31.2 Å². The van der Waals surface area contributed by atoms with Crippen molar-refractivity contribution in [3.63, 3.8) is 0 Å². The van der Waals surface area contributed by atoms with Gasteiger partial charge >= 0.3 is 0 Å². The van der Waals surface area contributed by atoms with Gasteiger partial charge in [0, 0.05) is 13.1 Å². The number of aliphatic hydroxyl groups is 1. The van der Waals surface area contributed by atoms with Gasteiger partial charge in [-0.25, -0.2) is 0 Å². The minimum Gasteiger partial charge on any atom is -0.394 e. The van der Waals surface area contributed by atoms with Gasteiger partial charge in [-0.15, -0.1) is 0 Å². The van der Waals surface area contributed by atoms with Gasteiger partial charge in [0.05, 0.1) is 30.0 Å². The van der Waals surface area contributed by atoms with Crippen LogP contribution in [0.15, 0.2) is 12.1 Å². The number of benzene rings is 1. The molecular formula is C13H18ClNO2. The maximum Gasteiger partial charge on any atom is 0.0980 e. The van der Waals surface area contributed by atoms with Gasteiger partial charge in [-0.05, 0) is 31.0 Å². The Balaban J connectivity index is 2.27. The number of anilines is 1. The zero-order valence-electron chi connectivity index (χ0n) is 10.2. The molecular weight excluding hydrogens is 238 g/mol. The maximum atomic E-state index is 9.15. The zero-order chi connectivity index (χ0) is 12.4. The number of aliphatic hydroxyl groups excluding tert-OH is 1. The SMILES string of the molecule is Cc1cc(C)c(N2CCOC(CO)C2)c(Cl)c1. The molecule has 94 valence electrons. The van der Waals surface area contributed by atoms with Crippen LogP contribution in [0, 0.1) is 13.8 Å². The normalized spacial score (nSPS) is 20.7. The molecule has 1 saturated heterocycles. The van der Waals surface area contributed by atoms with Gasteiger partial charge in [-0.2, -0.15) is 0 Å². The first-order valence-corrected chi connectivity index (χ1v) is 6.23. The fourth-order valence-electron chi connectivity index (χ4n) is 2.34. The molecule has 17 heavy (non-hydrogen) atoms. The van der Waals surface area contributed by atoms with Crippen molar-refractivity contribution in [2.24, 2.45) is 0 Å². The Morgan fingerprint density at radius 2 is 2.24 bits per heavy atom. The van der Waals surface area contributed by atoms with Gasteiger partial charge in [-0.1, -0.05) is 17.7 Å². The Morgan fingerprint density at radius 3 is 2.88 bits per heavy atom. The molecule has 1 unspecified atom stereocenters. The number of hydrogen-bond acceptors (Lipinski definition) is 3. The molecule has 0 aromatic heterocycles. The highest BCUT2D eigenvalue weighted by Crippen LogP contribution is 2.32. The van der Waals surface area contributed by atoms with Crippen molar-refractivity contribution in [3.8, 4) is 0 Å². The standard InChI is InChI=1S/C13H18ClNO2/c1-9-5-10(2)13(12(14)6-9)15-3-4-17-11(7-15)8-16/h5-6,11,16H,3-4,7-8H2,1-2H3. The molecule has 1 N–H and O–H groups in total. The largest absolute Gasteiger partial charge is 0.394 e. The molecule has 1 aromatic rings. The lowest BCUT2D eigenvalue weighted by molar-refractivity contribution is 0.00354. The molecule has 0 saturated carbocycles. The number of morpholine rings is 1. The Bertz CT molecular complexity index is 385. The first-order valence-electron chi connectivity index (χ1n) is 5.86. The summed E-state index contributed by atoms with van der Waals surface area (Å²) in [5, 5.41) is 9.93. The maximum absolute atomic E-state index is 9.15. The number of hydrogen-bond donors (Lipinski definition) is 1. The molecule has 0 spiro atoms. The Morgan fingerprint density at radius 1 is 1.47 bits per heavy atom. The quantitative estimate of drug-likeness (QED) is 0.879. The van der Waals surface area contributed by atoms with Crippen molar-refractivity contribution in [3.05, 3.63) is 28.3 Å². The summed E-state index contributed by atoms with van der Waals surface area (Å²) in [5.41, 5.74) is 3.41. The van der Waals surface area contributed by atoms with Gasteiger partial charge < -0.3 is 14.7 Å². The summed E-state index contributed by atoms with van der Waals surface area (Å²) in [7, 11) is 0. The van der Waals surface area contributed by atoms with E-state index in [1.807, 2.05) is 13.0 Å². The summed E-state index contributed by atoms with van der Waals surface area (Å²) in [6.07, 6.45) is -0.111. The van der Waals surface area contributed by atoms with Crippen LogP contribution in [0.25, 0.3) is 0 Å². The molecule has 0 radical (unpaired) electrons. The summed E-state index contributed by atoms with van der Waals surface area (Å²) >= 11 is 6.31. The van der Waals surface area contributed by atoms with Gasteiger partial charge in [0.1, 0.15) is 0 Å². The van der Waals surface area contributed by atoms with Gasteiger partial charge in [0.15, 0.2) is 0 Å². The van der Waals surface area contributed by atoms with E-state index in [9.17, 15) is 0 Å². The summed E-state index contributed by atoms with van der Waals surface area (Å²) in [5.74, 6) is 0. The van der Waals surface area contributed by atoms with E-state index in [4.69, 9.17) is 21.4 Å². The molecule has 0 bridgehead atoms. The van der Waals surface area contributed by atoms with Crippen LogP contribution in [-0.2, 0) is 4.74 Å². The average Bonchev–Trinajstić information content (AvgIpc) is 2.28. The highest BCUT2D eigenvalue weighted by molar-refractivity contribution is 6.33. The fourth-order valence-corrected chi connectivity index (χ4v) is 2.78. The highest BCUT2D eigenvalue weighted by atomic mass is 35.5. The smallest absolute Gasteiger partial charge is 0.0980 e. The lowest BCUT2D eigenvalue weighted by atomic mass is 10.1. The van der Waals surface area contributed by atoms with Crippen molar-refractivity contribution in [1.82, 2.24) is 0 Å². The number of ether oxygens (including phenoxy) is 1. The fraction of sp³-hybridized carbons (Fsp3) is 0.538. The third-order valence-electron chi connectivity index (χ3n) is 3.06. The first-order chi connectivity index (χ1) is 8.11. The Kier molecular flexibility index (Phi) is 3.92. The van der Waals surface area contributed by atoms with Crippen LogP contribution in [0.5, 0.6) is 0 Å². The minimum absolute atomic E-state index is 0.0546. The second-order valence-corrected chi connectivity index (χ2v) is 4.94. The lowest BCUT2D eigenvalue weighted by Gasteiger charge is -2.35. The lowest BCUT2D eigenvalue weighted by Crippen LogP contribution is -2.44. The monoisotopic (exact) mass is 255 g/mol. The van der Waals surface area contributed by atoms with Crippen LogP contribution >= 0.6 is 11.6 Å². The molecule has 1 aromatic carbocycles. The Hall–Kier alpha value is -0.770. The number of halogens is 1. The van der Waals surface area contributed by atoms with Crippen LogP contribution in [-0.4, -0.2) is 37.5 Å². The zero-order valence-corrected chi connectivity index (χ0v) is 11.0. The number of rotatable bonds is 2. The molecule has 1 heterocycles. The third kappa shape index (κ3) is 2.73. The predicted octanol–water partition coefficient (Wildman–Crippen LogP) is 2.15.